The molecule has 10 nitrogen and oxygen atoms in total. The van der Waals surface area contributed by atoms with E-state index in [1.165, 1.54) is 0 Å². The van der Waals surface area contributed by atoms with E-state index in [1.807, 2.05) is 30.3 Å². The van der Waals surface area contributed by atoms with E-state index >= 15 is 0 Å². The molecule has 16 heteroatoms. The summed E-state index contributed by atoms with van der Waals surface area (Å²) in [4.78, 5) is 41.4. The van der Waals surface area contributed by atoms with Crippen molar-refractivity contribution in [3.63, 3.8) is 0 Å². The Labute approximate surface area is 217 Å². The van der Waals surface area contributed by atoms with E-state index in [2.05, 4.69) is 20.2 Å². The van der Waals surface area contributed by atoms with Gasteiger partial charge >= 0.3 is 24.3 Å². The number of aliphatic carboxylic acids is 2. The lowest BCUT2D eigenvalue weighted by Gasteiger charge is -2.39. The van der Waals surface area contributed by atoms with Gasteiger partial charge in [-0.2, -0.15) is 26.3 Å². The van der Waals surface area contributed by atoms with Crippen LogP contribution in [0.4, 0.5) is 32.0 Å². The van der Waals surface area contributed by atoms with Gasteiger partial charge in [0.25, 0.3) is 0 Å². The van der Waals surface area contributed by atoms with Gasteiger partial charge in [0.2, 0.25) is 5.91 Å². The van der Waals surface area contributed by atoms with Crippen LogP contribution in [0.5, 0.6) is 0 Å². The number of nitrogens with zero attached hydrogens (tertiary/aromatic N) is 3. The fraction of sp³-hybridized carbons (Fsp3) is 0.435. The first-order chi connectivity index (χ1) is 18.2. The lowest BCUT2D eigenvalue weighted by atomic mass is 9.82. The standard InChI is InChI=1S/C19H22N4O2.2C2HF3O2/c24-19(22-14-5-3-7-20-10-14)17-12-23(11-15-4-1-2-8-21-15)13-18-16(17)6-9-25-18;2*3-2(4,5)1(6)7/h1-5,7-8,10,16-18H,6,9,11-13H2,(H,22,24);2*(H,6,7)/t16-,17-,18+;;/m0../s1. The number of carbonyl (C=O) groups is 3. The van der Waals surface area contributed by atoms with E-state index in [0.29, 0.717) is 0 Å². The highest BCUT2D eigenvalue weighted by Crippen LogP contribution is 2.34. The second-order valence-corrected chi connectivity index (χ2v) is 8.32. The molecule has 2 saturated heterocycles. The van der Waals surface area contributed by atoms with Crippen LogP contribution in [0.15, 0.2) is 48.9 Å². The molecule has 3 N–H and O–H groups in total. The molecule has 4 rings (SSSR count). The molecule has 0 radical (unpaired) electrons. The molecule has 2 aliphatic rings. The Morgan fingerprint density at radius 1 is 0.974 bits per heavy atom. The number of pyridine rings is 2. The molecule has 0 unspecified atom stereocenters. The third-order valence-corrected chi connectivity index (χ3v) is 5.53. The number of carbonyl (C=O) groups excluding carboxylic acids is 1. The fourth-order valence-corrected chi connectivity index (χ4v) is 3.85. The molecule has 4 heterocycles. The largest absolute Gasteiger partial charge is 0.490 e. The predicted molar refractivity (Wildman–Crippen MR) is 121 cm³/mol. The predicted octanol–water partition coefficient (Wildman–Crippen LogP) is 3.22. The molecule has 2 aromatic heterocycles. The smallest absolute Gasteiger partial charge is 0.475 e. The molecular weight excluding hydrogens is 542 g/mol. The Kier molecular flexibility index (Phi) is 11.2. The van der Waals surface area contributed by atoms with E-state index in [9.17, 15) is 31.1 Å². The van der Waals surface area contributed by atoms with Crippen molar-refractivity contribution in [2.24, 2.45) is 11.8 Å². The minimum atomic E-state index is -5.08. The highest BCUT2D eigenvalue weighted by atomic mass is 19.4. The highest BCUT2D eigenvalue weighted by Gasteiger charge is 2.44. The van der Waals surface area contributed by atoms with Gasteiger partial charge in [-0.05, 0) is 30.7 Å². The molecule has 0 aliphatic carbocycles. The molecular formula is C23H24F6N4O6. The second kappa shape index (κ2) is 13.8. The van der Waals surface area contributed by atoms with E-state index in [-0.39, 0.29) is 23.8 Å². The highest BCUT2D eigenvalue weighted by molar-refractivity contribution is 5.92. The minimum absolute atomic E-state index is 0.0548. The zero-order chi connectivity index (χ0) is 29.2. The molecule has 1 amide bonds. The number of anilines is 1. The topological polar surface area (TPSA) is 142 Å². The zero-order valence-corrected chi connectivity index (χ0v) is 20.0. The molecule has 2 aliphatic heterocycles. The third kappa shape index (κ3) is 10.5. The normalized spacial score (nSPS) is 20.8. The number of hydrogen-bond acceptors (Lipinski definition) is 7. The summed E-state index contributed by atoms with van der Waals surface area (Å²) in [5.41, 5.74) is 1.76. The van der Waals surface area contributed by atoms with Crippen LogP contribution < -0.4 is 5.32 Å². The second-order valence-electron chi connectivity index (χ2n) is 8.32. The fourth-order valence-electron chi connectivity index (χ4n) is 3.85. The van der Waals surface area contributed by atoms with Crippen LogP contribution in [0.25, 0.3) is 0 Å². The average Bonchev–Trinajstić information content (AvgIpc) is 3.33. The number of rotatable bonds is 4. The number of ether oxygens (including phenoxy) is 1. The molecule has 2 fully saturated rings. The molecule has 39 heavy (non-hydrogen) atoms. The van der Waals surface area contributed by atoms with Crippen LogP contribution in [0.1, 0.15) is 12.1 Å². The summed E-state index contributed by atoms with van der Waals surface area (Å²) in [6, 6.07) is 9.62. The van der Waals surface area contributed by atoms with Gasteiger partial charge in [0, 0.05) is 44.6 Å². The number of aromatic nitrogens is 2. The van der Waals surface area contributed by atoms with Gasteiger partial charge in [-0.25, -0.2) is 9.59 Å². The monoisotopic (exact) mass is 566 g/mol. The van der Waals surface area contributed by atoms with Crippen molar-refractivity contribution in [3.05, 3.63) is 54.6 Å². The maximum atomic E-state index is 12.9. The summed E-state index contributed by atoms with van der Waals surface area (Å²) < 4.78 is 69.4. The first-order valence-corrected chi connectivity index (χ1v) is 11.2. The Hall–Kier alpha value is -3.79. The number of piperidine rings is 1. The Balaban J connectivity index is 0.000000317. The summed E-state index contributed by atoms with van der Waals surface area (Å²) in [5.74, 6) is -5.25. The number of fused-ring (bicyclic) bond motifs is 1. The van der Waals surface area contributed by atoms with E-state index in [0.717, 1.165) is 44.0 Å². The van der Waals surface area contributed by atoms with Crippen LogP contribution in [0, 0.1) is 11.8 Å². The SMILES string of the molecule is O=C(Nc1cccnc1)[C@H]1CN(Cc2ccccn2)C[C@H]2OCC[C@@H]12.O=C(O)C(F)(F)F.O=C(O)C(F)(F)F. The van der Waals surface area contributed by atoms with Crippen molar-refractivity contribution in [1.29, 1.82) is 0 Å². The molecule has 0 bridgehead atoms. The third-order valence-electron chi connectivity index (χ3n) is 5.53. The Bertz CT molecular complexity index is 1060. The maximum Gasteiger partial charge on any atom is 0.490 e. The van der Waals surface area contributed by atoms with Crippen LogP contribution >= 0.6 is 0 Å². The van der Waals surface area contributed by atoms with Crippen LogP contribution in [-0.2, 0) is 25.7 Å². The molecule has 3 atom stereocenters. The number of halogens is 6. The van der Waals surface area contributed by atoms with Gasteiger partial charge in [0.1, 0.15) is 0 Å². The van der Waals surface area contributed by atoms with Gasteiger partial charge in [-0.3, -0.25) is 19.7 Å². The van der Waals surface area contributed by atoms with Crippen molar-refractivity contribution in [3.8, 4) is 0 Å². The number of alkyl halides is 6. The zero-order valence-electron chi connectivity index (χ0n) is 20.0. The van der Waals surface area contributed by atoms with E-state index in [1.54, 1.807) is 18.6 Å². The van der Waals surface area contributed by atoms with Gasteiger partial charge in [0.15, 0.2) is 0 Å². The summed E-state index contributed by atoms with van der Waals surface area (Å²) in [6.07, 6.45) is -3.91. The number of carboxylic acid groups (broad SMARTS) is 2. The molecule has 0 spiro atoms. The average molecular weight is 566 g/mol. The summed E-state index contributed by atoms with van der Waals surface area (Å²) in [6.45, 7) is 3.07. The number of hydrogen-bond donors (Lipinski definition) is 3. The van der Waals surface area contributed by atoms with Crippen LogP contribution in [0.3, 0.4) is 0 Å². The lowest BCUT2D eigenvalue weighted by Crippen LogP contribution is -2.51. The van der Waals surface area contributed by atoms with E-state index < -0.39 is 24.3 Å². The molecule has 0 aromatic carbocycles. The van der Waals surface area contributed by atoms with Gasteiger partial charge < -0.3 is 20.3 Å². The Morgan fingerprint density at radius 3 is 2.13 bits per heavy atom. The lowest BCUT2D eigenvalue weighted by molar-refractivity contribution is -0.193. The maximum absolute atomic E-state index is 12.9. The summed E-state index contributed by atoms with van der Waals surface area (Å²) in [5, 5.41) is 17.3. The number of likely N-dealkylation sites (tertiary alicyclic amines) is 1. The summed E-state index contributed by atoms with van der Waals surface area (Å²) in [7, 11) is 0. The molecule has 214 valence electrons. The molecule has 0 saturated carbocycles. The molecule has 2 aromatic rings. The number of amides is 1. The van der Waals surface area contributed by atoms with Crippen molar-refractivity contribution in [2.45, 2.75) is 31.4 Å². The summed E-state index contributed by atoms with van der Waals surface area (Å²) >= 11 is 0. The van der Waals surface area contributed by atoms with Crippen molar-refractivity contribution in [2.75, 3.05) is 25.0 Å². The van der Waals surface area contributed by atoms with Crippen molar-refractivity contribution >= 4 is 23.5 Å². The van der Waals surface area contributed by atoms with Crippen LogP contribution in [-0.4, -0.2) is 81.1 Å². The van der Waals surface area contributed by atoms with Crippen molar-refractivity contribution < 1.29 is 55.7 Å². The van der Waals surface area contributed by atoms with Crippen LogP contribution in [0.2, 0.25) is 0 Å². The number of carboxylic acids is 2. The van der Waals surface area contributed by atoms with Gasteiger partial charge in [-0.15, -0.1) is 0 Å². The quantitative estimate of drug-likeness (QED) is 0.476. The first kappa shape index (κ1) is 31.4. The van der Waals surface area contributed by atoms with E-state index in [4.69, 9.17) is 24.5 Å². The van der Waals surface area contributed by atoms with Gasteiger partial charge in [-0.1, -0.05) is 6.07 Å². The van der Waals surface area contributed by atoms with Crippen molar-refractivity contribution in [1.82, 2.24) is 14.9 Å². The first-order valence-electron chi connectivity index (χ1n) is 11.2. The van der Waals surface area contributed by atoms with Gasteiger partial charge in [0.05, 0.1) is 29.6 Å². The minimum Gasteiger partial charge on any atom is -0.475 e. The number of nitrogens with one attached hydrogen (secondary N) is 1. The Morgan fingerprint density at radius 2 is 1.62 bits per heavy atom.